The van der Waals surface area contributed by atoms with E-state index in [-0.39, 0.29) is 6.79 Å². The molecule has 0 atom stereocenters. The van der Waals surface area contributed by atoms with E-state index in [1.54, 1.807) is 14.2 Å². The quantitative estimate of drug-likeness (QED) is 0.627. The summed E-state index contributed by atoms with van der Waals surface area (Å²) in [5.41, 5.74) is 4.29. The highest BCUT2D eigenvalue weighted by Crippen LogP contribution is 2.43. The highest BCUT2D eigenvalue weighted by Gasteiger charge is 2.21. The largest absolute Gasteiger partial charge is 0.493 e. The van der Waals surface area contributed by atoms with Crippen LogP contribution in [-0.4, -0.2) is 25.6 Å². The Balaban J connectivity index is 2.36. The van der Waals surface area contributed by atoms with Crippen molar-refractivity contribution in [1.29, 1.82) is 0 Å². The predicted molar refractivity (Wildman–Crippen MR) is 97.5 cm³/mol. The fraction of sp³-hybridized carbons (Fsp3) is 0.200. The topological polar surface area (TPSA) is 32.6 Å². The summed E-state index contributed by atoms with van der Waals surface area (Å²) in [4.78, 5) is 0. The first-order chi connectivity index (χ1) is 11.7. The summed E-state index contributed by atoms with van der Waals surface area (Å²) in [6.07, 6.45) is 1.86. The van der Waals surface area contributed by atoms with Crippen molar-refractivity contribution in [3.63, 3.8) is 0 Å². The Bertz CT molecular complexity index is 866. The molecule has 0 aliphatic carbocycles. The fourth-order valence-electron chi connectivity index (χ4n) is 3.08. The minimum atomic E-state index is 0.154. The molecule has 0 saturated heterocycles. The third-order valence-corrected chi connectivity index (χ3v) is 4.11. The molecule has 24 heavy (non-hydrogen) atoms. The van der Waals surface area contributed by atoms with Crippen molar-refractivity contribution in [2.24, 2.45) is 7.05 Å². The summed E-state index contributed by atoms with van der Waals surface area (Å²) in [5.74, 6) is 1.34. The number of hydrogen-bond donors (Lipinski definition) is 0. The van der Waals surface area contributed by atoms with Gasteiger partial charge in [0.15, 0.2) is 18.3 Å². The second-order valence-corrected chi connectivity index (χ2v) is 5.43. The first-order valence-electron chi connectivity index (χ1n) is 7.71. The maximum absolute atomic E-state index is 5.83. The lowest BCUT2D eigenvalue weighted by Crippen LogP contribution is -2.01. The zero-order valence-electron chi connectivity index (χ0n) is 14.2. The second-order valence-electron chi connectivity index (χ2n) is 5.43. The van der Waals surface area contributed by atoms with E-state index >= 15 is 0 Å². The molecule has 0 fully saturated rings. The van der Waals surface area contributed by atoms with Crippen LogP contribution in [0, 0.1) is 0 Å². The molecule has 4 heteroatoms. The summed E-state index contributed by atoms with van der Waals surface area (Å²) in [6, 6.07) is 14.2. The van der Waals surface area contributed by atoms with Gasteiger partial charge in [-0.1, -0.05) is 43.0 Å². The Hall–Kier alpha value is -2.72. The zero-order valence-corrected chi connectivity index (χ0v) is 14.2. The summed E-state index contributed by atoms with van der Waals surface area (Å²) < 4.78 is 18.5. The van der Waals surface area contributed by atoms with E-state index in [2.05, 4.69) is 23.3 Å². The van der Waals surface area contributed by atoms with E-state index in [1.165, 1.54) is 0 Å². The Morgan fingerprint density at radius 2 is 1.83 bits per heavy atom. The molecule has 4 nitrogen and oxygen atoms in total. The molecule has 2 aromatic carbocycles. The van der Waals surface area contributed by atoms with Gasteiger partial charge >= 0.3 is 0 Å². The molecule has 0 radical (unpaired) electrons. The summed E-state index contributed by atoms with van der Waals surface area (Å²) in [5, 5.41) is 0.975. The maximum Gasteiger partial charge on any atom is 0.188 e. The van der Waals surface area contributed by atoms with Crippen LogP contribution in [0.15, 0.2) is 49.0 Å². The van der Waals surface area contributed by atoms with Gasteiger partial charge in [-0.25, -0.2) is 0 Å². The summed E-state index contributed by atoms with van der Waals surface area (Å²) in [7, 11) is 5.28. The Labute approximate surface area is 141 Å². The van der Waals surface area contributed by atoms with Crippen molar-refractivity contribution in [1.82, 2.24) is 4.57 Å². The molecule has 1 aromatic heterocycles. The van der Waals surface area contributed by atoms with Crippen LogP contribution in [0.3, 0.4) is 0 Å². The van der Waals surface area contributed by atoms with Gasteiger partial charge in [-0.2, -0.15) is 0 Å². The zero-order chi connectivity index (χ0) is 17.1. The van der Waals surface area contributed by atoms with E-state index in [4.69, 9.17) is 14.2 Å². The number of rotatable bonds is 6. The Morgan fingerprint density at radius 3 is 2.46 bits per heavy atom. The molecule has 3 aromatic rings. The average Bonchev–Trinajstić information content (AvgIpc) is 2.92. The molecule has 1 heterocycles. The van der Waals surface area contributed by atoms with Gasteiger partial charge in [0.25, 0.3) is 0 Å². The van der Waals surface area contributed by atoms with E-state index < -0.39 is 0 Å². The number of fused-ring (bicyclic) bond motifs is 1. The van der Waals surface area contributed by atoms with Crippen LogP contribution in [0.25, 0.3) is 28.2 Å². The van der Waals surface area contributed by atoms with Crippen molar-refractivity contribution in [2.45, 2.75) is 0 Å². The van der Waals surface area contributed by atoms with Crippen LogP contribution in [0.2, 0.25) is 0 Å². The summed E-state index contributed by atoms with van der Waals surface area (Å²) in [6.45, 7) is 4.17. The number of benzene rings is 2. The number of hydrogen-bond acceptors (Lipinski definition) is 3. The molecule has 0 N–H and O–H groups in total. The maximum atomic E-state index is 5.83. The number of aryl methyl sites for hydroxylation is 1. The molecule has 0 aliphatic heterocycles. The molecule has 0 saturated carbocycles. The number of methoxy groups -OCH3 is 2. The van der Waals surface area contributed by atoms with Gasteiger partial charge in [-0.15, -0.1) is 0 Å². The van der Waals surface area contributed by atoms with Crippen molar-refractivity contribution in [2.75, 3.05) is 21.0 Å². The minimum Gasteiger partial charge on any atom is -0.493 e. The van der Waals surface area contributed by atoms with Crippen molar-refractivity contribution < 1.29 is 14.2 Å². The molecule has 3 rings (SSSR count). The average molecular weight is 323 g/mol. The van der Waals surface area contributed by atoms with Gasteiger partial charge in [0.2, 0.25) is 0 Å². The van der Waals surface area contributed by atoms with Crippen LogP contribution in [-0.2, 0) is 11.8 Å². The van der Waals surface area contributed by atoms with E-state index in [0.717, 1.165) is 27.7 Å². The molecule has 0 bridgehead atoms. The van der Waals surface area contributed by atoms with Crippen LogP contribution in [0.4, 0.5) is 0 Å². The lowest BCUT2D eigenvalue weighted by molar-refractivity contribution is 0.0503. The monoisotopic (exact) mass is 323 g/mol. The van der Waals surface area contributed by atoms with Gasteiger partial charge in [-0.05, 0) is 17.7 Å². The van der Waals surface area contributed by atoms with Crippen LogP contribution < -0.4 is 9.47 Å². The molecule has 0 spiro atoms. The fourth-order valence-corrected chi connectivity index (χ4v) is 3.08. The molecule has 0 amide bonds. The van der Waals surface area contributed by atoms with Gasteiger partial charge < -0.3 is 18.8 Å². The summed E-state index contributed by atoms with van der Waals surface area (Å²) >= 11 is 0. The molecular formula is C20H21NO3. The van der Waals surface area contributed by atoms with Gasteiger partial charge in [0.05, 0.1) is 23.7 Å². The molecular weight excluding hydrogens is 302 g/mol. The predicted octanol–water partition coefficient (Wildman–Crippen LogP) is 4.48. The number of aromatic nitrogens is 1. The van der Waals surface area contributed by atoms with E-state index in [9.17, 15) is 0 Å². The SMILES string of the molecule is C=Cc1c(-c2ccccc2)n(C)c2ccc(OC)c(OCOC)c12. The molecule has 0 unspecified atom stereocenters. The molecule has 124 valence electrons. The second kappa shape index (κ2) is 6.81. The van der Waals surface area contributed by atoms with E-state index in [0.29, 0.717) is 11.5 Å². The first-order valence-corrected chi connectivity index (χ1v) is 7.71. The Morgan fingerprint density at radius 1 is 1.08 bits per heavy atom. The van der Waals surface area contributed by atoms with Crippen molar-refractivity contribution >= 4 is 17.0 Å². The smallest absolute Gasteiger partial charge is 0.188 e. The van der Waals surface area contributed by atoms with Gasteiger partial charge in [0.1, 0.15) is 0 Å². The van der Waals surface area contributed by atoms with Crippen LogP contribution in [0.1, 0.15) is 5.56 Å². The van der Waals surface area contributed by atoms with Crippen molar-refractivity contribution in [3.8, 4) is 22.8 Å². The lowest BCUT2D eigenvalue weighted by atomic mass is 10.0. The molecule has 0 aliphatic rings. The highest BCUT2D eigenvalue weighted by atomic mass is 16.7. The minimum absolute atomic E-state index is 0.154. The van der Waals surface area contributed by atoms with Crippen LogP contribution in [0.5, 0.6) is 11.5 Å². The van der Waals surface area contributed by atoms with Gasteiger partial charge in [-0.3, -0.25) is 0 Å². The van der Waals surface area contributed by atoms with Crippen LogP contribution >= 0.6 is 0 Å². The number of nitrogens with zero attached hydrogens (tertiary/aromatic N) is 1. The highest BCUT2D eigenvalue weighted by molar-refractivity contribution is 6.02. The van der Waals surface area contributed by atoms with Gasteiger partial charge in [0, 0.05) is 19.7 Å². The van der Waals surface area contributed by atoms with E-state index in [1.807, 2.05) is 43.5 Å². The third kappa shape index (κ3) is 2.55. The van der Waals surface area contributed by atoms with Crippen molar-refractivity contribution in [3.05, 3.63) is 54.6 Å². The first kappa shape index (κ1) is 16.1. The normalized spacial score (nSPS) is 10.8. The number of ether oxygens (including phenoxy) is 3. The third-order valence-electron chi connectivity index (χ3n) is 4.11. The Kier molecular flexibility index (Phi) is 4.58. The lowest BCUT2D eigenvalue weighted by Gasteiger charge is -2.12. The standard InChI is InChI=1S/C20H21NO3/c1-5-15-18-16(11-12-17(23-4)20(18)24-13-22-3)21(2)19(15)14-9-7-6-8-10-14/h5-12H,1,13H2,2-4H3.